The smallest absolute Gasteiger partial charge is 0.188 e. The summed E-state index contributed by atoms with van der Waals surface area (Å²) < 4.78 is 0. The third kappa shape index (κ3) is 4.58. The van der Waals surface area contributed by atoms with Crippen molar-refractivity contribution in [3.63, 3.8) is 0 Å². The molecule has 1 aliphatic rings. The lowest BCUT2D eigenvalue weighted by Crippen LogP contribution is -2.38. The number of benzene rings is 2. The fraction of sp³-hybridized carbons (Fsp3) is 0.0769. The Labute approximate surface area is 180 Å². The monoisotopic (exact) mass is 402 g/mol. The normalized spacial score (nSPS) is 16.2. The second kappa shape index (κ2) is 8.90. The third-order valence-corrected chi connectivity index (χ3v) is 4.99. The van der Waals surface area contributed by atoms with E-state index in [2.05, 4.69) is 17.1 Å². The molecule has 1 saturated heterocycles. The molecule has 2 heterocycles. The van der Waals surface area contributed by atoms with Gasteiger partial charge in [-0.2, -0.15) is 10.5 Å². The number of nitrogens with zero attached hydrogens (tertiary/aromatic N) is 4. The fourth-order valence-electron chi connectivity index (χ4n) is 3.54. The highest BCUT2D eigenvalue weighted by Crippen LogP contribution is 2.25. The van der Waals surface area contributed by atoms with Gasteiger partial charge in [0.15, 0.2) is 5.78 Å². The fourth-order valence-corrected chi connectivity index (χ4v) is 3.54. The van der Waals surface area contributed by atoms with Crippen LogP contribution in [0.3, 0.4) is 0 Å². The molecule has 1 aromatic heterocycles. The highest BCUT2D eigenvalue weighted by atomic mass is 16.1. The summed E-state index contributed by atoms with van der Waals surface area (Å²) in [6, 6.07) is 24.3. The van der Waals surface area contributed by atoms with Crippen LogP contribution in [0, 0.1) is 22.7 Å². The van der Waals surface area contributed by atoms with Gasteiger partial charge in [0.05, 0.1) is 23.3 Å². The number of rotatable bonds is 3. The van der Waals surface area contributed by atoms with E-state index in [0.29, 0.717) is 35.4 Å². The Balaban J connectivity index is 1.76. The summed E-state index contributed by atoms with van der Waals surface area (Å²) in [5.41, 5.74) is 3.93. The predicted octanol–water partition coefficient (Wildman–Crippen LogP) is 4.38. The van der Waals surface area contributed by atoms with Crippen molar-refractivity contribution < 1.29 is 4.79 Å². The van der Waals surface area contributed by atoms with Gasteiger partial charge in [0.25, 0.3) is 0 Å². The van der Waals surface area contributed by atoms with Crippen LogP contribution in [0.2, 0.25) is 0 Å². The van der Waals surface area contributed by atoms with Crippen molar-refractivity contribution in [3.05, 3.63) is 106 Å². The number of aromatic nitrogens is 1. The minimum Gasteiger partial charge on any atom is -0.348 e. The number of hydrogen-bond donors (Lipinski definition) is 0. The second-order valence-corrected chi connectivity index (χ2v) is 7.19. The van der Waals surface area contributed by atoms with Gasteiger partial charge in [-0.3, -0.25) is 4.79 Å². The summed E-state index contributed by atoms with van der Waals surface area (Å²) in [5, 5.41) is 18.3. The highest BCUT2D eigenvalue weighted by molar-refractivity contribution is 6.15. The zero-order chi connectivity index (χ0) is 21.6. The van der Waals surface area contributed by atoms with Crippen LogP contribution in [0.5, 0.6) is 0 Å². The molecule has 0 atom stereocenters. The van der Waals surface area contributed by atoms with E-state index in [1.54, 1.807) is 42.6 Å². The molecule has 2 aromatic carbocycles. The van der Waals surface area contributed by atoms with Crippen LogP contribution in [0.25, 0.3) is 12.2 Å². The lowest BCUT2D eigenvalue weighted by Gasteiger charge is -2.30. The molecular weight excluding hydrogens is 384 g/mol. The molecule has 0 spiro atoms. The molecule has 0 unspecified atom stereocenters. The first-order valence-electron chi connectivity index (χ1n) is 9.78. The molecule has 5 nitrogen and oxygen atoms in total. The minimum atomic E-state index is -0.0445. The molecule has 3 aromatic rings. The molecule has 148 valence electrons. The van der Waals surface area contributed by atoms with Crippen molar-refractivity contribution >= 4 is 23.8 Å². The molecule has 0 N–H and O–H groups in total. The standard InChI is InChI=1S/C26H18N4O/c27-15-21-7-3-5-19(11-21)13-23-17-30(25-9-1-2-10-29-25)18-24(26(23)31)14-20-6-4-8-22(12-20)16-28/h1-14H,17-18H2/b23-13+,24-14+. The first kappa shape index (κ1) is 19.8. The quantitative estimate of drug-likeness (QED) is 0.607. The van der Waals surface area contributed by atoms with E-state index >= 15 is 0 Å². The molecule has 31 heavy (non-hydrogen) atoms. The average Bonchev–Trinajstić information content (AvgIpc) is 2.82. The number of piperidine rings is 1. The van der Waals surface area contributed by atoms with Crippen LogP contribution in [-0.4, -0.2) is 23.9 Å². The topological polar surface area (TPSA) is 80.8 Å². The molecule has 4 rings (SSSR count). The van der Waals surface area contributed by atoms with Gasteiger partial charge in [-0.1, -0.05) is 30.3 Å². The lowest BCUT2D eigenvalue weighted by molar-refractivity contribution is -0.112. The first-order chi connectivity index (χ1) is 15.2. The van der Waals surface area contributed by atoms with Crippen LogP contribution in [0.15, 0.2) is 84.1 Å². The van der Waals surface area contributed by atoms with E-state index in [1.165, 1.54) is 0 Å². The number of ketones is 1. The lowest BCUT2D eigenvalue weighted by atomic mass is 9.93. The summed E-state index contributed by atoms with van der Waals surface area (Å²) >= 11 is 0. The van der Waals surface area contributed by atoms with E-state index in [0.717, 1.165) is 16.9 Å². The van der Waals surface area contributed by atoms with E-state index in [9.17, 15) is 15.3 Å². The van der Waals surface area contributed by atoms with E-state index in [-0.39, 0.29) is 5.78 Å². The Morgan fingerprint density at radius 3 is 1.87 bits per heavy atom. The van der Waals surface area contributed by atoms with Crippen molar-refractivity contribution in [2.45, 2.75) is 0 Å². The van der Waals surface area contributed by atoms with Crippen molar-refractivity contribution in [2.24, 2.45) is 0 Å². The number of hydrogen-bond acceptors (Lipinski definition) is 5. The second-order valence-electron chi connectivity index (χ2n) is 7.19. The number of carbonyl (C=O) groups excluding carboxylic acids is 1. The van der Waals surface area contributed by atoms with Crippen molar-refractivity contribution in [3.8, 4) is 12.1 Å². The maximum absolute atomic E-state index is 13.3. The number of nitriles is 2. The summed E-state index contributed by atoms with van der Waals surface area (Å²) in [6.45, 7) is 0.838. The SMILES string of the molecule is N#Cc1cccc(/C=C2\CN(c3ccccn3)C/C(=C\c3cccc(C#N)c3)C2=O)c1. The molecule has 1 aliphatic heterocycles. The van der Waals surface area contributed by atoms with Crippen LogP contribution in [-0.2, 0) is 4.79 Å². The predicted molar refractivity (Wildman–Crippen MR) is 120 cm³/mol. The van der Waals surface area contributed by atoms with Gasteiger partial charge in [-0.05, 0) is 59.7 Å². The van der Waals surface area contributed by atoms with Gasteiger partial charge in [-0.25, -0.2) is 4.98 Å². The molecule has 0 bridgehead atoms. The van der Waals surface area contributed by atoms with Crippen LogP contribution in [0.1, 0.15) is 22.3 Å². The van der Waals surface area contributed by atoms with Crippen molar-refractivity contribution in [1.82, 2.24) is 4.98 Å². The van der Waals surface area contributed by atoms with Gasteiger partial charge in [-0.15, -0.1) is 0 Å². The summed E-state index contributed by atoms with van der Waals surface area (Å²) in [7, 11) is 0. The van der Waals surface area contributed by atoms with Gasteiger partial charge in [0.1, 0.15) is 5.82 Å². The highest BCUT2D eigenvalue weighted by Gasteiger charge is 2.27. The molecule has 0 saturated carbocycles. The van der Waals surface area contributed by atoms with E-state index in [4.69, 9.17) is 0 Å². The number of Topliss-reactive ketones (excluding diaryl/α,β-unsaturated/α-hetero) is 1. The average molecular weight is 402 g/mol. The third-order valence-electron chi connectivity index (χ3n) is 4.99. The van der Waals surface area contributed by atoms with Crippen molar-refractivity contribution in [1.29, 1.82) is 10.5 Å². The minimum absolute atomic E-state index is 0.0445. The van der Waals surface area contributed by atoms with Gasteiger partial charge in [0.2, 0.25) is 0 Å². The molecule has 5 heteroatoms. The van der Waals surface area contributed by atoms with Crippen LogP contribution in [0.4, 0.5) is 5.82 Å². The van der Waals surface area contributed by atoms with E-state index in [1.807, 2.05) is 47.4 Å². The van der Waals surface area contributed by atoms with Gasteiger partial charge < -0.3 is 4.90 Å². The Kier molecular flexibility index (Phi) is 5.69. The molecule has 0 amide bonds. The van der Waals surface area contributed by atoms with Crippen molar-refractivity contribution in [2.75, 3.05) is 18.0 Å². The van der Waals surface area contributed by atoms with Gasteiger partial charge in [0, 0.05) is 30.4 Å². The molecule has 0 aliphatic carbocycles. The summed E-state index contributed by atoms with van der Waals surface area (Å²) in [6.07, 6.45) is 5.39. The first-order valence-corrected chi connectivity index (χ1v) is 9.78. The number of anilines is 1. The maximum atomic E-state index is 13.3. The van der Waals surface area contributed by atoms with Crippen LogP contribution >= 0.6 is 0 Å². The number of pyridine rings is 1. The Morgan fingerprint density at radius 2 is 1.39 bits per heavy atom. The molecule has 1 fully saturated rings. The zero-order valence-electron chi connectivity index (χ0n) is 16.7. The van der Waals surface area contributed by atoms with Gasteiger partial charge >= 0.3 is 0 Å². The summed E-state index contributed by atoms with van der Waals surface area (Å²) in [5.74, 6) is 0.736. The van der Waals surface area contributed by atoms with Crippen LogP contribution < -0.4 is 4.90 Å². The Hall–Kier alpha value is -4.48. The largest absolute Gasteiger partial charge is 0.348 e. The Bertz CT molecular complexity index is 1200. The summed E-state index contributed by atoms with van der Waals surface area (Å²) in [4.78, 5) is 19.8. The van der Waals surface area contributed by atoms with E-state index < -0.39 is 0 Å². The molecule has 0 radical (unpaired) electrons. The molecular formula is C26H18N4O. The zero-order valence-corrected chi connectivity index (χ0v) is 16.7. The maximum Gasteiger partial charge on any atom is 0.188 e. The number of carbonyl (C=O) groups is 1. The Morgan fingerprint density at radius 1 is 0.806 bits per heavy atom.